The maximum atomic E-state index is 11.1. The molecule has 94 valence electrons. The number of carboxylic acid groups (broad SMARTS) is 1. The van der Waals surface area contributed by atoms with Crippen molar-refractivity contribution in [3.63, 3.8) is 0 Å². The topological polar surface area (TPSA) is 63.3 Å². The van der Waals surface area contributed by atoms with E-state index in [0.29, 0.717) is 10.7 Å². The zero-order chi connectivity index (χ0) is 13.4. The van der Waals surface area contributed by atoms with Crippen LogP contribution in [0.2, 0.25) is 5.02 Å². The Balaban J connectivity index is 2.68. The van der Waals surface area contributed by atoms with Crippen molar-refractivity contribution < 1.29 is 9.90 Å². The lowest BCUT2D eigenvalue weighted by atomic mass is 10.1. The smallest absolute Gasteiger partial charge is 0.348 e. The van der Waals surface area contributed by atoms with Gasteiger partial charge in [0.1, 0.15) is 4.88 Å². The number of carbonyl (C=O) groups is 1. The minimum Gasteiger partial charge on any atom is -0.477 e. The molecule has 0 aliphatic carbocycles. The minimum absolute atomic E-state index is 0.161. The average molecular weight is 347 g/mol. The Kier molecular flexibility index (Phi) is 3.66. The van der Waals surface area contributed by atoms with Crippen LogP contribution in [0.15, 0.2) is 22.7 Å². The molecule has 3 nitrogen and oxygen atoms in total. The minimum atomic E-state index is -1.01. The number of anilines is 1. The first kappa shape index (κ1) is 13.4. The first-order valence-electron chi connectivity index (χ1n) is 4.99. The number of nitrogens with two attached hydrogens (primary N) is 1. The van der Waals surface area contributed by atoms with E-state index in [9.17, 15) is 4.79 Å². The van der Waals surface area contributed by atoms with Crippen molar-refractivity contribution in [2.45, 2.75) is 6.92 Å². The number of hydrogen-bond acceptors (Lipinski definition) is 3. The van der Waals surface area contributed by atoms with Crippen LogP contribution in [0.5, 0.6) is 0 Å². The molecule has 2 aromatic rings. The number of hydrogen-bond donors (Lipinski definition) is 2. The second kappa shape index (κ2) is 4.91. The van der Waals surface area contributed by atoms with Crippen LogP contribution in [0.1, 0.15) is 15.2 Å². The molecule has 0 atom stereocenters. The molecular formula is C12H9BrClNO2S. The third-order valence-corrected chi connectivity index (χ3v) is 4.82. The number of halogens is 2. The van der Waals surface area contributed by atoms with Crippen LogP contribution >= 0.6 is 38.9 Å². The van der Waals surface area contributed by atoms with Crippen LogP contribution < -0.4 is 5.73 Å². The average Bonchev–Trinajstić information content (AvgIpc) is 2.60. The summed E-state index contributed by atoms with van der Waals surface area (Å²) in [4.78, 5) is 12.0. The summed E-state index contributed by atoms with van der Waals surface area (Å²) >= 11 is 10.6. The number of rotatable bonds is 2. The van der Waals surface area contributed by atoms with Crippen molar-refractivity contribution >= 4 is 50.5 Å². The Morgan fingerprint density at radius 1 is 1.50 bits per heavy atom. The molecule has 0 aliphatic heterocycles. The van der Waals surface area contributed by atoms with Crippen molar-refractivity contribution in [1.82, 2.24) is 0 Å². The summed E-state index contributed by atoms with van der Waals surface area (Å²) in [5.41, 5.74) is 7.74. The number of carboxylic acids is 1. The second-order valence-electron chi connectivity index (χ2n) is 3.73. The predicted octanol–water partition coefficient (Wildman–Crippen LogP) is 4.42. The molecule has 0 saturated carbocycles. The van der Waals surface area contributed by atoms with Gasteiger partial charge in [-0.25, -0.2) is 4.79 Å². The molecule has 6 heteroatoms. The summed E-state index contributed by atoms with van der Waals surface area (Å²) < 4.78 is 0.855. The zero-order valence-corrected chi connectivity index (χ0v) is 12.5. The van der Waals surface area contributed by atoms with Gasteiger partial charge in [0, 0.05) is 19.9 Å². The summed E-state index contributed by atoms with van der Waals surface area (Å²) in [6, 6.07) is 5.38. The Morgan fingerprint density at radius 3 is 2.72 bits per heavy atom. The molecule has 2 rings (SSSR count). The van der Waals surface area contributed by atoms with Gasteiger partial charge in [0.2, 0.25) is 0 Å². The van der Waals surface area contributed by atoms with Gasteiger partial charge >= 0.3 is 5.97 Å². The molecule has 0 fully saturated rings. The van der Waals surface area contributed by atoms with Gasteiger partial charge in [-0.2, -0.15) is 0 Å². The van der Waals surface area contributed by atoms with Crippen molar-refractivity contribution in [1.29, 1.82) is 0 Å². The van der Waals surface area contributed by atoms with Crippen molar-refractivity contribution in [3.8, 4) is 10.4 Å². The largest absolute Gasteiger partial charge is 0.477 e. The van der Waals surface area contributed by atoms with Gasteiger partial charge in [0.25, 0.3) is 0 Å². The number of benzene rings is 1. The fourth-order valence-corrected chi connectivity index (χ4v) is 3.46. The second-order valence-corrected chi connectivity index (χ2v) is 6.04. The van der Waals surface area contributed by atoms with E-state index < -0.39 is 5.97 Å². The zero-order valence-electron chi connectivity index (χ0n) is 9.33. The highest BCUT2D eigenvalue weighted by molar-refractivity contribution is 9.10. The summed E-state index contributed by atoms with van der Waals surface area (Å²) in [5, 5.41) is 9.66. The van der Waals surface area contributed by atoms with E-state index in [1.54, 1.807) is 19.1 Å². The highest BCUT2D eigenvalue weighted by Crippen LogP contribution is 2.41. The SMILES string of the molecule is Cc1c(-c2cc(Cl)ccc2Br)sc(C(=O)O)c1N. The molecule has 0 amide bonds. The summed E-state index contributed by atoms with van der Waals surface area (Å²) in [6.07, 6.45) is 0. The molecule has 1 aromatic heterocycles. The monoisotopic (exact) mass is 345 g/mol. The highest BCUT2D eigenvalue weighted by Gasteiger charge is 2.20. The Bertz CT molecular complexity index is 639. The summed E-state index contributed by atoms with van der Waals surface area (Å²) in [7, 11) is 0. The first-order valence-corrected chi connectivity index (χ1v) is 6.98. The maximum absolute atomic E-state index is 11.1. The lowest BCUT2D eigenvalue weighted by Crippen LogP contribution is -1.97. The molecule has 0 radical (unpaired) electrons. The van der Waals surface area contributed by atoms with E-state index in [1.807, 2.05) is 6.07 Å². The molecule has 0 bridgehead atoms. The van der Waals surface area contributed by atoms with Gasteiger partial charge in [0.05, 0.1) is 5.69 Å². The molecule has 3 N–H and O–H groups in total. The van der Waals surface area contributed by atoms with E-state index in [4.69, 9.17) is 22.4 Å². The van der Waals surface area contributed by atoms with Crippen LogP contribution in [0, 0.1) is 6.92 Å². The van der Waals surface area contributed by atoms with Crippen molar-refractivity contribution in [2.24, 2.45) is 0 Å². The Morgan fingerprint density at radius 2 is 2.17 bits per heavy atom. The fourth-order valence-electron chi connectivity index (χ4n) is 1.61. The Labute approximate surface area is 121 Å². The summed E-state index contributed by atoms with van der Waals surface area (Å²) in [5.74, 6) is -1.01. The molecule has 0 saturated heterocycles. The predicted molar refractivity (Wildman–Crippen MR) is 78.6 cm³/mol. The van der Waals surface area contributed by atoms with E-state index in [-0.39, 0.29) is 4.88 Å². The molecule has 1 aromatic carbocycles. The van der Waals surface area contributed by atoms with E-state index >= 15 is 0 Å². The summed E-state index contributed by atoms with van der Waals surface area (Å²) in [6.45, 7) is 1.81. The van der Waals surface area contributed by atoms with E-state index in [0.717, 1.165) is 31.8 Å². The van der Waals surface area contributed by atoms with E-state index in [1.165, 1.54) is 0 Å². The van der Waals surface area contributed by atoms with Gasteiger partial charge in [-0.15, -0.1) is 11.3 Å². The number of aromatic carboxylic acids is 1. The highest BCUT2D eigenvalue weighted by atomic mass is 79.9. The van der Waals surface area contributed by atoms with Crippen LogP contribution in [0.4, 0.5) is 5.69 Å². The third-order valence-electron chi connectivity index (χ3n) is 2.56. The molecule has 0 aliphatic rings. The molecule has 0 unspecified atom stereocenters. The Hall–Kier alpha value is -1.04. The normalized spacial score (nSPS) is 10.6. The van der Waals surface area contributed by atoms with Gasteiger partial charge in [-0.3, -0.25) is 0 Å². The van der Waals surface area contributed by atoms with Crippen LogP contribution in [-0.4, -0.2) is 11.1 Å². The van der Waals surface area contributed by atoms with Gasteiger partial charge in [-0.1, -0.05) is 27.5 Å². The first-order chi connectivity index (χ1) is 8.41. The standard InChI is InChI=1S/C12H9BrClNO2S/c1-5-9(15)11(12(16)17)18-10(5)7-4-6(14)2-3-8(7)13/h2-4H,15H2,1H3,(H,16,17). The van der Waals surface area contributed by atoms with Crippen molar-refractivity contribution in [2.75, 3.05) is 5.73 Å². The lowest BCUT2D eigenvalue weighted by molar-refractivity contribution is 0.0703. The molecular weight excluding hydrogens is 338 g/mol. The third kappa shape index (κ3) is 2.25. The number of thiophene rings is 1. The lowest BCUT2D eigenvalue weighted by Gasteiger charge is -2.04. The van der Waals surface area contributed by atoms with Crippen LogP contribution in [0.25, 0.3) is 10.4 Å². The number of nitrogen functional groups attached to an aromatic ring is 1. The van der Waals surface area contributed by atoms with Gasteiger partial charge in [-0.05, 0) is 30.7 Å². The molecule has 0 spiro atoms. The quantitative estimate of drug-likeness (QED) is 0.846. The van der Waals surface area contributed by atoms with Crippen molar-refractivity contribution in [3.05, 3.63) is 38.1 Å². The molecule has 1 heterocycles. The van der Waals surface area contributed by atoms with E-state index in [2.05, 4.69) is 15.9 Å². The fraction of sp³-hybridized carbons (Fsp3) is 0.0833. The molecule has 18 heavy (non-hydrogen) atoms. The van der Waals surface area contributed by atoms with Gasteiger partial charge in [0.15, 0.2) is 0 Å². The maximum Gasteiger partial charge on any atom is 0.348 e. The van der Waals surface area contributed by atoms with Crippen LogP contribution in [-0.2, 0) is 0 Å². The van der Waals surface area contributed by atoms with Gasteiger partial charge < -0.3 is 10.8 Å². The van der Waals surface area contributed by atoms with Crippen LogP contribution in [0.3, 0.4) is 0 Å².